The Labute approximate surface area is 135 Å². The van der Waals surface area contributed by atoms with Gasteiger partial charge >= 0.3 is 17.6 Å². The van der Waals surface area contributed by atoms with E-state index in [0.29, 0.717) is 12.5 Å². The van der Waals surface area contributed by atoms with Crippen molar-refractivity contribution in [3.8, 4) is 0 Å². The Hall–Kier alpha value is 0.114. The van der Waals surface area contributed by atoms with E-state index in [9.17, 15) is 9.59 Å². The summed E-state index contributed by atoms with van der Waals surface area (Å²) in [6.45, 7) is 3.31. The normalized spacial score (nSPS) is 12.8. The molecule has 10 heteroatoms. The predicted molar refractivity (Wildman–Crippen MR) is 88.6 cm³/mol. The molecular weight excluding hydrogens is 324 g/mol. The third-order valence-corrected chi connectivity index (χ3v) is 7.92. The van der Waals surface area contributed by atoms with Crippen molar-refractivity contribution in [3.63, 3.8) is 0 Å². The first-order chi connectivity index (χ1) is 10.4. The minimum Gasteiger partial charge on any atom is -0.390 e. The highest BCUT2D eigenvalue weighted by Gasteiger charge is 2.36. The summed E-state index contributed by atoms with van der Waals surface area (Å²) in [7, 11) is 0.380. The molecule has 0 aromatic rings. The lowest BCUT2D eigenvalue weighted by atomic mass is 10.4. The summed E-state index contributed by atoms with van der Waals surface area (Å²) < 4.78 is 20.7. The highest BCUT2D eigenvalue weighted by Crippen LogP contribution is 2.14. The van der Waals surface area contributed by atoms with Gasteiger partial charge in [-0.25, -0.2) is 0 Å². The lowest BCUT2D eigenvalue weighted by molar-refractivity contribution is 0.123. The average Bonchev–Trinajstić information content (AvgIpc) is 2.53. The van der Waals surface area contributed by atoms with E-state index in [0.717, 1.165) is 38.6 Å². The fraction of sp³-hybridized carbons (Fsp3) is 1.00. The molecular formula is C12H32N2O6Si2. The van der Waals surface area contributed by atoms with E-state index in [-0.39, 0.29) is 0 Å². The van der Waals surface area contributed by atoms with Gasteiger partial charge in [0.25, 0.3) is 0 Å². The Kier molecular flexibility index (Phi) is 12.6. The molecule has 0 heterocycles. The average molecular weight is 357 g/mol. The maximum absolute atomic E-state index is 9.35. The van der Waals surface area contributed by atoms with Gasteiger partial charge in [0.05, 0.1) is 0 Å². The third kappa shape index (κ3) is 10.00. The summed E-state index contributed by atoms with van der Waals surface area (Å²) >= 11 is 0. The van der Waals surface area contributed by atoms with Gasteiger partial charge in [0.2, 0.25) is 0 Å². The second kappa shape index (κ2) is 12.5. The molecule has 0 saturated carbocycles. The molecule has 0 aromatic carbocycles. The van der Waals surface area contributed by atoms with E-state index in [1.807, 2.05) is 0 Å². The minimum atomic E-state index is -3.38. The van der Waals surface area contributed by atoms with Gasteiger partial charge in [-0.05, 0) is 25.9 Å². The first kappa shape index (κ1) is 22.1. The smallest absolute Gasteiger partial charge is 0.390 e. The number of nitrogens with one attached hydrogen (secondary N) is 2. The molecule has 22 heavy (non-hydrogen) atoms. The predicted octanol–water partition coefficient (Wildman–Crippen LogP) is -0.606. The van der Waals surface area contributed by atoms with Crippen LogP contribution in [0.1, 0.15) is 12.8 Å². The highest BCUT2D eigenvalue weighted by atomic mass is 28.4. The van der Waals surface area contributed by atoms with Gasteiger partial charge in [0.1, 0.15) is 0 Å². The Morgan fingerprint density at radius 2 is 1.14 bits per heavy atom. The molecule has 0 radical (unpaired) electrons. The van der Waals surface area contributed by atoms with Crippen LogP contribution in [-0.2, 0) is 17.7 Å². The third-order valence-electron chi connectivity index (χ3n) is 3.43. The van der Waals surface area contributed by atoms with Crippen LogP contribution in [0.2, 0.25) is 12.1 Å². The molecule has 0 aliphatic heterocycles. The zero-order chi connectivity index (χ0) is 16.9. The molecule has 0 aliphatic rings. The molecule has 0 bridgehead atoms. The van der Waals surface area contributed by atoms with Crippen LogP contribution < -0.4 is 10.6 Å². The Morgan fingerprint density at radius 3 is 1.55 bits per heavy atom. The van der Waals surface area contributed by atoms with Gasteiger partial charge in [0.15, 0.2) is 0 Å². The van der Waals surface area contributed by atoms with E-state index in [1.54, 1.807) is 21.3 Å². The SMILES string of the molecule is CO[Si](O)(O)CCCNCCNCCC[Si](OC)(OC)OC. The van der Waals surface area contributed by atoms with Crippen LogP contribution in [0.5, 0.6) is 0 Å². The maximum Gasteiger partial charge on any atom is 0.500 e. The van der Waals surface area contributed by atoms with E-state index in [2.05, 4.69) is 15.1 Å². The first-order valence-corrected chi connectivity index (χ1v) is 11.5. The van der Waals surface area contributed by atoms with Crippen LogP contribution in [0.3, 0.4) is 0 Å². The quantitative estimate of drug-likeness (QED) is 0.228. The molecule has 134 valence electrons. The van der Waals surface area contributed by atoms with Gasteiger partial charge in [-0.1, -0.05) is 0 Å². The van der Waals surface area contributed by atoms with Crippen molar-refractivity contribution in [2.24, 2.45) is 0 Å². The van der Waals surface area contributed by atoms with E-state index in [4.69, 9.17) is 13.3 Å². The second-order valence-electron chi connectivity index (χ2n) is 4.95. The van der Waals surface area contributed by atoms with E-state index < -0.39 is 17.6 Å². The van der Waals surface area contributed by atoms with Crippen LogP contribution in [0.25, 0.3) is 0 Å². The van der Waals surface area contributed by atoms with Crippen LogP contribution in [0.15, 0.2) is 0 Å². The summed E-state index contributed by atoms with van der Waals surface area (Å²) in [6, 6.07) is 1.11. The van der Waals surface area contributed by atoms with Gasteiger partial charge in [0, 0.05) is 53.6 Å². The number of hydrogen-bond donors (Lipinski definition) is 4. The van der Waals surface area contributed by atoms with Crippen molar-refractivity contribution in [2.45, 2.75) is 24.9 Å². The molecule has 0 aromatic heterocycles. The van der Waals surface area contributed by atoms with E-state index in [1.165, 1.54) is 7.11 Å². The molecule has 8 nitrogen and oxygen atoms in total. The Balaban J connectivity index is 3.44. The van der Waals surface area contributed by atoms with Crippen molar-refractivity contribution in [1.29, 1.82) is 0 Å². The topological polar surface area (TPSA) is 101 Å². The van der Waals surface area contributed by atoms with Crippen LogP contribution in [-0.4, -0.2) is 81.8 Å². The van der Waals surface area contributed by atoms with Crippen LogP contribution >= 0.6 is 0 Å². The van der Waals surface area contributed by atoms with Crippen molar-refractivity contribution in [1.82, 2.24) is 10.6 Å². The second-order valence-corrected chi connectivity index (χ2v) is 10.4. The fourth-order valence-electron chi connectivity index (χ4n) is 1.96. The molecule has 4 N–H and O–H groups in total. The van der Waals surface area contributed by atoms with Crippen LogP contribution in [0.4, 0.5) is 0 Å². The molecule has 0 amide bonds. The summed E-state index contributed by atoms with van der Waals surface area (Å²) in [6.07, 6.45) is 1.62. The van der Waals surface area contributed by atoms with Gasteiger partial charge < -0.3 is 37.9 Å². The van der Waals surface area contributed by atoms with Crippen molar-refractivity contribution < 1.29 is 27.3 Å². The van der Waals surface area contributed by atoms with Crippen molar-refractivity contribution in [2.75, 3.05) is 54.6 Å². The largest absolute Gasteiger partial charge is 0.500 e. The maximum atomic E-state index is 9.35. The van der Waals surface area contributed by atoms with Crippen molar-refractivity contribution in [3.05, 3.63) is 0 Å². The van der Waals surface area contributed by atoms with E-state index >= 15 is 0 Å². The molecule has 0 fully saturated rings. The molecule has 0 atom stereocenters. The molecule has 0 saturated heterocycles. The zero-order valence-corrected chi connectivity index (χ0v) is 16.2. The first-order valence-electron chi connectivity index (χ1n) is 7.52. The zero-order valence-electron chi connectivity index (χ0n) is 14.2. The van der Waals surface area contributed by atoms with Gasteiger partial charge in [-0.15, -0.1) is 0 Å². The molecule has 0 unspecified atom stereocenters. The lowest BCUT2D eigenvalue weighted by Crippen LogP contribution is -2.43. The Bertz CT molecular complexity index is 262. The molecule has 0 aliphatic carbocycles. The monoisotopic (exact) mass is 356 g/mol. The summed E-state index contributed by atoms with van der Waals surface area (Å²) in [5, 5.41) is 6.57. The summed E-state index contributed by atoms with van der Waals surface area (Å²) in [5.74, 6) is 0. The summed E-state index contributed by atoms with van der Waals surface area (Å²) in [4.78, 5) is 18.7. The Morgan fingerprint density at radius 1 is 0.682 bits per heavy atom. The van der Waals surface area contributed by atoms with Gasteiger partial charge in [-0.3, -0.25) is 0 Å². The van der Waals surface area contributed by atoms with Gasteiger partial charge in [-0.2, -0.15) is 0 Å². The fourth-order valence-corrected chi connectivity index (χ4v) is 4.52. The van der Waals surface area contributed by atoms with Crippen molar-refractivity contribution >= 4 is 17.6 Å². The van der Waals surface area contributed by atoms with Crippen LogP contribution in [0, 0.1) is 0 Å². The highest BCUT2D eigenvalue weighted by molar-refractivity contribution is 6.60. The number of hydrogen-bond acceptors (Lipinski definition) is 8. The standard InChI is InChI=1S/C12H32N2O6Si2/c1-17-21(15,16)11-5-7-13-9-10-14-8-6-12-22(18-2,19-3)20-4/h13-16H,5-12H2,1-4H3. The lowest BCUT2D eigenvalue weighted by Gasteiger charge is -2.24. The number of rotatable bonds is 15. The summed E-state index contributed by atoms with van der Waals surface area (Å²) in [5.41, 5.74) is 0. The minimum absolute atomic E-state index is 0.321. The molecule has 0 spiro atoms. The molecule has 0 rings (SSSR count).